The van der Waals surface area contributed by atoms with Crippen LogP contribution in [0.1, 0.15) is 35.3 Å². The van der Waals surface area contributed by atoms with Crippen LogP contribution in [0, 0.1) is 0 Å². The lowest BCUT2D eigenvalue weighted by Crippen LogP contribution is -2.34. The standard InChI is InChI=1S/C25H23ClN2O2/c1-17(2)30-25(27-24(29)18-11-13-21(26)14-12-18)28-15-19-7-3-5-9-22(19)23-10-6-4-8-20(23)16-28/h3-14,17H,15-16H2,1-2H3/b27-25-. The molecule has 5 heteroatoms. The summed E-state index contributed by atoms with van der Waals surface area (Å²) in [5.74, 6) is -0.354. The Morgan fingerprint density at radius 3 is 1.97 bits per heavy atom. The fourth-order valence-corrected chi connectivity index (χ4v) is 3.70. The number of halogens is 1. The van der Waals surface area contributed by atoms with E-state index < -0.39 is 0 Å². The van der Waals surface area contributed by atoms with Crippen LogP contribution in [-0.2, 0) is 17.8 Å². The van der Waals surface area contributed by atoms with Gasteiger partial charge in [0.25, 0.3) is 11.9 Å². The first-order chi connectivity index (χ1) is 14.5. The number of amides is 1. The van der Waals surface area contributed by atoms with Crippen molar-refractivity contribution >= 4 is 23.5 Å². The molecule has 3 aromatic carbocycles. The van der Waals surface area contributed by atoms with E-state index in [1.807, 2.05) is 30.9 Å². The molecule has 0 aromatic heterocycles. The molecule has 0 saturated carbocycles. The highest BCUT2D eigenvalue weighted by molar-refractivity contribution is 6.30. The first-order valence-electron chi connectivity index (χ1n) is 9.97. The summed E-state index contributed by atoms with van der Waals surface area (Å²) in [6.07, 6.45) is -0.115. The van der Waals surface area contributed by atoms with E-state index >= 15 is 0 Å². The van der Waals surface area contributed by atoms with Gasteiger partial charge in [-0.25, -0.2) is 0 Å². The maximum absolute atomic E-state index is 12.8. The maximum Gasteiger partial charge on any atom is 0.296 e. The van der Waals surface area contributed by atoms with Crippen LogP contribution in [0.15, 0.2) is 77.8 Å². The van der Waals surface area contributed by atoms with Gasteiger partial charge in [-0.2, -0.15) is 4.99 Å². The number of ether oxygens (including phenoxy) is 1. The Labute approximate surface area is 181 Å². The molecule has 152 valence electrons. The van der Waals surface area contributed by atoms with Crippen LogP contribution < -0.4 is 0 Å². The molecular formula is C25H23ClN2O2. The van der Waals surface area contributed by atoms with Crippen LogP contribution in [0.5, 0.6) is 0 Å². The Morgan fingerprint density at radius 2 is 1.43 bits per heavy atom. The van der Waals surface area contributed by atoms with Gasteiger partial charge in [0.2, 0.25) is 0 Å². The first kappa shape index (κ1) is 20.2. The van der Waals surface area contributed by atoms with Gasteiger partial charge >= 0.3 is 0 Å². The molecule has 1 aliphatic heterocycles. The van der Waals surface area contributed by atoms with Crippen LogP contribution in [0.2, 0.25) is 5.02 Å². The van der Waals surface area contributed by atoms with Crippen molar-refractivity contribution in [1.29, 1.82) is 0 Å². The van der Waals surface area contributed by atoms with Gasteiger partial charge in [-0.1, -0.05) is 60.1 Å². The molecule has 0 aliphatic carbocycles. The van der Waals surface area contributed by atoms with Crippen molar-refractivity contribution in [1.82, 2.24) is 4.90 Å². The lowest BCUT2D eigenvalue weighted by atomic mass is 9.97. The Kier molecular flexibility index (Phi) is 5.86. The summed E-state index contributed by atoms with van der Waals surface area (Å²) in [4.78, 5) is 19.2. The summed E-state index contributed by atoms with van der Waals surface area (Å²) in [6, 6.07) is 23.7. The van der Waals surface area contributed by atoms with Crippen LogP contribution in [0.4, 0.5) is 0 Å². The van der Waals surface area contributed by atoms with Crippen molar-refractivity contribution < 1.29 is 9.53 Å². The highest BCUT2D eigenvalue weighted by Gasteiger charge is 2.24. The van der Waals surface area contributed by atoms with E-state index in [1.165, 1.54) is 22.3 Å². The number of nitrogens with zero attached hydrogens (tertiary/aromatic N) is 2. The van der Waals surface area contributed by atoms with Crippen molar-refractivity contribution in [3.05, 3.63) is 94.5 Å². The van der Waals surface area contributed by atoms with Crippen molar-refractivity contribution in [3.8, 4) is 11.1 Å². The lowest BCUT2D eigenvalue weighted by molar-refractivity contribution is 0.0987. The molecule has 0 fully saturated rings. The normalized spacial score (nSPS) is 13.5. The van der Waals surface area contributed by atoms with E-state index in [2.05, 4.69) is 41.4 Å². The van der Waals surface area contributed by atoms with Gasteiger partial charge in [0.15, 0.2) is 0 Å². The number of hydrogen-bond acceptors (Lipinski definition) is 2. The predicted molar refractivity (Wildman–Crippen MR) is 121 cm³/mol. The number of aliphatic imine (C=N–C) groups is 1. The molecule has 0 saturated heterocycles. The zero-order valence-corrected chi connectivity index (χ0v) is 17.8. The SMILES string of the molecule is CC(C)O/C(=N\C(=O)c1ccc(Cl)cc1)N1Cc2ccccc2-c2ccccc2C1. The number of hydrogen-bond donors (Lipinski definition) is 0. The second-order valence-electron chi connectivity index (χ2n) is 7.54. The molecule has 1 heterocycles. The second-order valence-corrected chi connectivity index (χ2v) is 7.98. The summed E-state index contributed by atoms with van der Waals surface area (Å²) in [6.45, 7) is 5.07. The van der Waals surface area contributed by atoms with E-state index in [0.717, 1.165) is 0 Å². The van der Waals surface area contributed by atoms with E-state index in [4.69, 9.17) is 16.3 Å². The fraction of sp³-hybridized carbons (Fsp3) is 0.200. The average Bonchev–Trinajstić information content (AvgIpc) is 2.90. The topological polar surface area (TPSA) is 41.9 Å². The predicted octanol–water partition coefficient (Wildman–Crippen LogP) is 5.94. The van der Waals surface area contributed by atoms with Gasteiger partial charge in [-0.15, -0.1) is 0 Å². The van der Waals surface area contributed by atoms with Crippen molar-refractivity contribution in [2.75, 3.05) is 0 Å². The van der Waals surface area contributed by atoms with Gasteiger partial charge < -0.3 is 9.64 Å². The van der Waals surface area contributed by atoms with Gasteiger partial charge in [0.1, 0.15) is 0 Å². The maximum atomic E-state index is 12.8. The third kappa shape index (κ3) is 4.39. The quantitative estimate of drug-likeness (QED) is 0.381. The van der Waals surface area contributed by atoms with E-state index in [0.29, 0.717) is 29.7 Å². The third-order valence-corrected chi connectivity index (χ3v) is 5.20. The number of amidine groups is 1. The summed E-state index contributed by atoms with van der Waals surface area (Å²) >= 11 is 5.95. The van der Waals surface area contributed by atoms with Gasteiger partial charge in [-0.3, -0.25) is 4.79 Å². The van der Waals surface area contributed by atoms with Crippen LogP contribution in [-0.4, -0.2) is 22.9 Å². The Balaban J connectivity index is 1.74. The highest BCUT2D eigenvalue weighted by atomic mass is 35.5. The van der Waals surface area contributed by atoms with Crippen molar-refractivity contribution in [2.45, 2.75) is 33.0 Å². The lowest BCUT2D eigenvalue weighted by Gasteiger charge is -2.26. The second kappa shape index (κ2) is 8.72. The third-order valence-electron chi connectivity index (χ3n) is 4.95. The zero-order valence-electron chi connectivity index (χ0n) is 17.0. The summed E-state index contributed by atoms with van der Waals surface area (Å²) in [5, 5.41) is 0.579. The largest absolute Gasteiger partial charge is 0.462 e. The summed E-state index contributed by atoms with van der Waals surface area (Å²) in [5.41, 5.74) is 5.20. The average molecular weight is 419 g/mol. The fourth-order valence-electron chi connectivity index (χ4n) is 3.57. The van der Waals surface area contributed by atoms with E-state index in [-0.39, 0.29) is 12.0 Å². The molecule has 1 amide bonds. The Hall–Kier alpha value is -3.11. The minimum Gasteiger partial charge on any atom is -0.462 e. The molecule has 0 spiro atoms. The van der Waals surface area contributed by atoms with Gasteiger partial charge in [0, 0.05) is 23.7 Å². The van der Waals surface area contributed by atoms with Crippen molar-refractivity contribution in [2.24, 2.45) is 4.99 Å². The summed E-state index contributed by atoms with van der Waals surface area (Å²) < 4.78 is 6.02. The van der Waals surface area contributed by atoms with Gasteiger partial charge in [0.05, 0.1) is 6.10 Å². The van der Waals surface area contributed by atoms with Crippen LogP contribution in [0.25, 0.3) is 11.1 Å². The molecule has 0 N–H and O–H groups in total. The molecule has 4 nitrogen and oxygen atoms in total. The number of fused-ring (bicyclic) bond motifs is 3. The minimum atomic E-state index is -0.354. The molecule has 30 heavy (non-hydrogen) atoms. The van der Waals surface area contributed by atoms with Crippen LogP contribution >= 0.6 is 11.6 Å². The van der Waals surface area contributed by atoms with Crippen molar-refractivity contribution in [3.63, 3.8) is 0 Å². The number of carbonyl (C=O) groups is 1. The Morgan fingerprint density at radius 1 is 0.900 bits per heavy atom. The summed E-state index contributed by atoms with van der Waals surface area (Å²) in [7, 11) is 0. The van der Waals surface area contributed by atoms with E-state index in [1.54, 1.807) is 24.3 Å². The van der Waals surface area contributed by atoms with Gasteiger partial charge in [-0.05, 0) is 60.4 Å². The van der Waals surface area contributed by atoms with E-state index in [9.17, 15) is 4.79 Å². The molecule has 0 radical (unpaired) electrons. The highest BCUT2D eigenvalue weighted by Crippen LogP contribution is 2.32. The molecule has 4 rings (SSSR count). The number of benzene rings is 3. The molecule has 0 bridgehead atoms. The zero-order chi connectivity index (χ0) is 21.1. The monoisotopic (exact) mass is 418 g/mol. The molecular weight excluding hydrogens is 396 g/mol. The van der Waals surface area contributed by atoms with Crippen LogP contribution in [0.3, 0.4) is 0 Å². The Bertz CT molecular complexity index is 1040. The number of rotatable bonds is 2. The molecule has 1 aliphatic rings. The number of carbonyl (C=O) groups excluding carboxylic acids is 1. The minimum absolute atomic E-state index is 0.115. The molecule has 0 unspecified atom stereocenters. The smallest absolute Gasteiger partial charge is 0.296 e. The molecule has 0 atom stereocenters. The molecule has 3 aromatic rings. The first-order valence-corrected chi connectivity index (χ1v) is 10.4.